The molecule has 0 fully saturated rings. The quantitative estimate of drug-likeness (QED) is 0.754. The molecule has 8 heteroatoms. The van der Waals surface area contributed by atoms with Crippen molar-refractivity contribution in [3.63, 3.8) is 0 Å². The molecule has 0 radical (unpaired) electrons. The second kappa shape index (κ2) is 6.93. The van der Waals surface area contributed by atoms with Gasteiger partial charge >= 0.3 is 6.18 Å². The van der Waals surface area contributed by atoms with Gasteiger partial charge in [0.2, 0.25) is 0 Å². The van der Waals surface area contributed by atoms with Gasteiger partial charge < -0.3 is 15.7 Å². The topological polar surface area (TPSA) is 70.1 Å². The van der Waals surface area contributed by atoms with E-state index in [4.69, 9.17) is 5.11 Å². The molecule has 1 unspecified atom stereocenters. The molecule has 1 heterocycles. The Bertz CT molecular complexity index is 477. The first kappa shape index (κ1) is 17.5. The maximum absolute atomic E-state index is 12.3. The molecule has 0 bridgehead atoms. The third-order valence-corrected chi connectivity index (χ3v) is 2.86. The molecule has 1 rings (SSSR count). The lowest BCUT2D eigenvalue weighted by atomic mass is 10.2. The number of aromatic nitrogens is 2. The number of halogens is 3. The van der Waals surface area contributed by atoms with E-state index in [1.54, 1.807) is 6.92 Å². The van der Waals surface area contributed by atoms with Crippen LogP contribution in [0.2, 0.25) is 0 Å². The molecule has 1 atom stereocenters. The third kappa shape index (κ3) is 4.73. The fraction of sp³-hybridized carbons (Fsp3) is 0.692. The summed E-state index contributed by atoms with van der Waals surface area (Å²) in [6.45, 7) is 7.40. The van der Waals surface area contributed by atoms with Crippen LogP contribution in [0.1, 0.15) is 38.1 Å². The Morgan fingerprint density at radius 3 is 2.10 bits per heavy atom. The number of hydrogen-bond acceptors (Lipinski definition) is 5. The first-order chi connectivity index (χ1) is 9.66. The van der Waals surface area contributed by atoms with Crippen molar-refractivity contribution in [1.29, 1.82) is 0 Å². The van der Waals surface area contributed by atoms with Gasteiger partial charge in [0.05, 0.1) is 6.54 Å². The van der Waals surface area contributed by atoms with Crippen LogP contribution in [0.4, 0.5) is 24.8 Å². The molecule has 1 aromatic heterocycles. The van der Waals surface area contributed by atoms with E-state index in [9.17, 15) is 13.2 Å². The van der Waals surface area contributed by atoms with Crippen LogP contribution in [0.3, 0.4) is 0 Å². The molecular weight excluding hydrogens is 285 g/mol. The highest BCUT2D eigenvalue weighted by Crippen LogP contribution is 2.24. The van der Waals surface area contributed by atoms with E-state index in [2.05, 4.69) is 20.6 Å². The summed E-state index contributed by atoms with van der Waals surface area (Å²) in [4.78, 5) is 8.58. The van der Waals surface area contributed by atoms with Gasteiger partial charge in [-0.15, -0.1) is 0 Å². The van der Waals surface area contributed by atoms with Crippen molar-refractivity contribution in [3.05, 3.63) is 11.4 Å². The predicted octanol–water partition coefficient (Wildman–Crippen LogP) is 2.68. The Hall–Kier alpha value is -1.57. The Balaban J connectivity index is 2.99. The average Bonchev–Trinajstić information content (AvgIpc) is 2.38. The van der Waals surface area contributed by atoms with Gasteiger partial charge in [0.15, 0.2) is 6.10 Å². The zero-order valence-corrected chi connectivity index (χ0v) is 12.5. The highest BCUT2D eigenvalue weighted by molar-refractivity contribution is 5.57. The minimum absolute atomic E-state index is 0.0381. The number of aliphatic hydroxyl groups is 1. The Labute approximate surface area is 122 Å². The van der Waals surface area contributed by atoms with Crippen LogP contribution in [-0.4, -0.2) is 40.4 Å². The maximum Gasteiger partial charge on any atom is 0.416 e. The van der Waals surface area contributed by atoms with Gasteiger partial charge in [-0.3, -0.25) is 0 Å². The van der Waals surface area contributed by atoms with Crippen molar-refractivity contribution in [2.45, 2.75) is 45.9 Å². The largest absolute Gasteiger partial charge is 0.416 e. The molecule has 120 valence electrons. The first-order valence-corrected chi connectivity index (χ1v) is 6.77. The molecule has 0 aliphatic rings. The van der Waals surface area contributed by atoms with Crippen LogP contribution >= 0.6 is 0 Å². The number of hydrogen-bond donors (Lipinski definition) is 3. The van der Waals surface area contributed by atoms with E-state index < -0.39 is 18.8 Å². The summed E-state index contributed by atoms with van der Waals surface area (Å²) in [5.41, 5.74) is 0.621. The molecule has 21 heavy (non-hydrogen) atoms. The fourth-order valence-corrected chi connectivity index (χ4v) is 1.61. The second-order valence-electron chi connectivity index (χ2n) is 5.03. The van der Waals surface area contributed by atoms with Crippen molar-refractivity contribution in [3.8, 4) is 0 Å². The maximum atomic E-state index is 12.3. The molecule has 0 saturated carbocycles. The second-order valence-corrected chi connectivity index (χ2v) is 5.03. The Kier molecular flexibility index (Phi) is 5.77. The van der Waals surface area contributed by atoms with E-state index in [-0.39, 0.29) is 5.92 Å². The summed E-state index contributed by atoms with van der Waals surface area (Å²) >= 11 is 0. The zero-order chi connectivity index (χ0) is 16.2. The molecule has 0 aromatic carbocycles. The number of aliphatic hydroxyl groups excluding tert-OH is 1. The lowest BCUT2D eigenvalue weighted by Crippen LogP contribution is -2.35. The molecule has 1 aromatic rings. The summed E-state index contributed by atoms with van der Waals surface area (Å²) in [6.07, 6.45) is -7.09. The Morgan fingerprint density at radius 2 is 1.67 bits per heavy atom. The lowest BCUT2D eigenvalue weighted by molar-refractivity contribution is -0.198. The van der Waals surface area contributed by atoms with Crippen LogP contribution in [0.15, 0.2) is 0 Å². The van der Waals surface area contributed by atoms with E-state index in [1.807, 2.05) is 20.8 Å². The van der Waals surface area contributed by atoms with Gasteiger partial charge in [0.25, 0.3) is 0 Å². The van der Waals surface area contributed by atoms with E-state index in [0.717, 1.165) is 0 Å². The van der Waals surface area contributed by atoms with Crippen molar-refractivity contribution in [2.24, 2.45) is 0 Å². The summed E-state index contributed by atoms with van der Waals surface area (Å²) in [5.74, 6) is 1.45. The van der Waals surface area contributed by atoms with Gasteiger partial charge in [-0.2, -0.15) is 13.2 Å². The van der Waals surface area contributed by atoms with E-state index in [1.165, 1.54) is 0 Å². The monoisotopic (exact) mass is 306 g/mol. The molecule has 0 spiro atoms. The summed E-state index contributed by atoms with van der Waals surface area (Å²) in [5, 5.41) is 14.6. The summed E-state index contributed by atoms with van der Waals surface area (Å²) in [6, 6.07) is 0. The number of nitrogens with one attached hydrogen (secondary N) is 2. The van der Waals surface area contributed by atoms with Crippen LogP contribution in [0.25, 0.3) is 0 Å². The van der Waals surface area contributed by atoms with Crippen molar-refractivity contribution in [1.82, 2.24) is 9.97 Å². The van der Waals surface area contributed by atoms with Crippen molar-refractivity contribution < 1.29 is 18.3 Å². The lowest BCUT2D eigenvalue weighted by Gasteiger charge is -2.19. The minimum atomic E-state index is -4.65. The molecular formula is C13H21F3N4O. The smallest absolute Gasteiger partial charge is 0.382 e. The predicted molar refractivity (Wildman–Crippen MR) is 75.6 cm³/mol. The number of anilines is 2. The fourth-order valence-electron chi connectivity index (χ4n) is 1.61. The highest BCUT2D eigenvalue weighted by Gasteiger charge is 2.38. The van der Waals surface area contributed by atoms with Gasteiger partial charge in [-0.25, -0.2) is 9.97 Å². The SMILES string of the molecule is CCNc1nc(C(C)C)nc(NCC(O)C(F)(F)F)c1C. The number of rotatable bonds is 6. The van der Waals surface area contributed by atoms with E-state index in [0.29, 0.717) is 29.6 Å². The number of alkyl halides is 3. The van der Waals surface area contributed by atoms with Crippen molar-refractivity contribution >= 4 is 11.6 Å². The summed E-state index contributed by atoms with van der Waals surface area (Å²) in [7, 11) is 0. The van der Waals surface area contributed by atoms with Crippen LogP contribution < -0.4 is 10.6 Å². The number of nitrogens with zero attached hydrogens (tertiary/aromatic N) is 2. The van der Waals surface area contributed by atoms with Crippen molar-refractivity contribution in [2.75, 3.05) is 23.7 Å². The van der Waals surface area contributed by atoms with Gasteiger partial charge in [-0.05, 0) is 13.8 Å². The summed E-state index contributed by atoms with van der Waals surface area (Å²) < 4.78 is 37.0. The Morgan fingerprint density at radius 1 is 1.14 bits per heavy atom. The van der Waals surface area contributed by atoms with Crippen LogP contribution in [0.5, 0.6) is 0 Å². The molecule has 0 amide bonds. The molecule has 0 aliphatic heterocycles. The van der Waals surface area contributed by atoms with Crippen LogP contribution in [0, 0.1) is 6.92 Å². The zero-order valence-electron chi connectivity index (χ0n) is 12.5. The first-order valence-electron chi connectivity index (χ1n) is 6.77. The standard InChI is InChI=1S/C13H21F3N4O/c1-5-17-11-8(4)12(20-10(19-11)7(2)3)18-6-9(21)13(14,15)16/h7,9,21H,5-6H2,1-4H3,(H2,17,18,19,20). The molecule has 0 aliphatic carbocycles. The van der Waals surface area contributed by atoms with Crippen LogP contribution in [-0.2, 0) is 0 Å². The van der Waals surface area contributed by atoms with E-state index >= 15 is 0 Å². The molecule has 5 nitrogen and oxygen atoms in total. The van der Waals surface area contributed by atoms with Gasteiger partial charge in [0, 0.05) is 18.0 Å². The average molecular weight is 306 g/mol. The minimum Gasteiger partial charge on any atom is -0.382 e. The van der Waals surface area contributed by atoms with Gasteiger partial charge in [0.1, 0.15) is 17.5 Å². The highest BCUT2D eigenvalue weighted by atomic mass is 19.4. The van der Waals surface area contributed by atoms with Gasteiger partial charge in [-0.1, -0.05) is 13.8 Å². The molecule has 3 N–H and O–H groups in total. The normalized spacial score (nSPS) is 13.4. The molecule has 0 saturated heterocycles. The third-order valence-electron chi connectivity index (χ3n) is 2.86.